The van der Waals surface area contributed by atoms with E-state index in [0.717, 1.165) is 17.0 Å². The molecule has 2 fully saturated rings. The first-order chi connectivity index (χ1) is 22.0. The van der Waals surface area contributed by atoms with Gasteiger partial charge in [0.15, 0.2) is 5.67 Å². The van der Waals surface area contributed by atoms with E-state index >= 15 is 4.39 Å². The average molecular weight is 681 g/mol. The van der Waals surface area contributed by atoms with E-state index in [9.17, 15) is 27.6 Å². The van der Waals surface area contributed by atoms with Crippen molar-refractivity contribution in [1.29, 1.82) is 0 Å². The number of para-hydroxylation sites is 1. The van der Waals surface area contributed by atoms with E-state index in [4.69, 9.17) is 16.3 Å². The largest absolute Gasteiger partial charge is 0.416 e. The van der Waals surface area contributed by atoms with E-state index < -0.39 is 41.2 Å². The topological polar surface area (TPSA) is 89.5 Å². The predicted octanol–water partition coefficient (Wildman–Crippen LogP) is 3.95. The molecule has 0 N–H and O–H groups in total. The standard InChI is InChI=1S/C32H37ClF4N6O4/c1-19(14-39(3)4)29(45)42-16-31(34,17-42)18-47-10-9-41-15-21-12-26(44)43(25-13-22(32(35,36)37)11-20(2)38-25)27(21)30(46)40(5)24-8-6-7-23(33)28(24)41/h6-8,11,13,21,27H,1,9-10,12,14-18H2,2-5H3/t21-,27+/m1/s1. The Kier molecular flexibility index (Phi) is 9.59. The van der Waals surface area contributed by atoms with Crippen molar-refractivity contribution in [1.82, 2.24) is 14.8 Å². The summed E-state index contributed by atoms with van der Waals surface area (Å²) in [6.07, 6.45) is -4.79. The Morgan fingerprint density at radius 3 is 2.57 bits per heavy atom. The van der Waals surface area contributed by atoms with E-state index in [1.165, 1.54) is 23.8 Å². The molecule has 0 unspecified atom stereocenters. The number of pyridine rings is 1. The Morgan fingerprint density at radius 1 is 1.21 bits per heavy atom. The zero-order chi connectivity index (χ0) is 34.4. The maximum Gasteiger partial charge on any atom is 0.416 e. The van der Waals surface area contributed by atoms with Crippen LogP contribution >= 0.6 is 11.6 Å². The van der Waals surface area contributed by atoms with Crippen molar-refractivity contribution in [2.24, 2.45) is 5.92 Å². The highest BCUT2D eigenvalue weighted by atomic mass is 35.5. The number of alkyl halides is 4. The highest BCUT2D eigenvalue weighted by molar-refractivity contribution is 6.34. The van der Waals surface area contributed by atoms with Gasteiger partial charge in [-0.25, -0.2) is 9.37 Å². The third kappa shape index (κ3) is 7.09. The number of aryl methyl sites for hydroxylation is 1. The second-order valence-electron chi connectivity index (χ2n) is 12.7. The SMILES string of the molecule is C=C(CN(C)C)C(=O)N1CC(F)(COCCN2C[C@H]3CC(=O)N(c4cc(C(F)(F)F)cc(C)n4)[C@@H]3C(=O)N(C)c3cccc(Cl)c32)C1. The molecule has 0 saturated carbocycles. The number of amides is 3. The number of likely N-dealkylation sites (N-methyl/N-ethyl adjacent to an activating group) is 2. The molecule has 1 aromatic carbocycles. The number of carbonyl (C=O) groups excluding carboxylic acids is 3. The molecule has 3 amide bonds. The summed E-state index contributed by atoms with van der Waals surface area (Å²) in [6.45, 7) is 5.46. The quantitative estimate of drug-likeness (QED) is 0.225. The zero-order valence-corrected chi connectivity index (χ0v) is 27.4. The molecule has 0 bridgehead atoms. The minimum absolute atomic E-state index is 0.0525. The van der Waals surface area contributed by atoms with Crippen molar-refractivity contribution in [3.8, 4) is 0 Å². The van der Waals surface area contributed by atoms with Crippen LogP contribution in [0.1, 0.15) is 17.7 Å². The molecule has 5 rings (SSSR count). The molecule has 3 aliphatic heterocycles. The third-order valence-electron chi connectivity index (χ3n) is 8.54. The number of hydrogen-bond donors (Lipinski definition) is 0. The molecule has 2 aromatic rings. The lowest BCUT2D eigenvalue weighted by Crippen LogP contribution is -2.63. The van der Waals surface area contributed by atoms with Crippen molar-refractivity contribution < 1.29 is 36.7 Å². The van der Waals surface area contributed by atoms with Crippen LogP contribution < -0.4 is 14.7 Å². The van der Waals surface area contributed by atoms with Gasteiger partial charge in [-0.3, -0.25) is 19.3 Å². The Morgan fingerprint density at radius 2 is 1.91 bits per heavy atom. The van der Waals surface area contributed by atoms with Gasteiger partial charge in [0.05, 0.1) is 48.3 Å². The minimum Gasteiger partial charge on any atom is -0.376 e. The number of nitrogens with zero attached hydrogens (tertiary/aromatic N) is 6. The maximum atomic E-state index is 15.3. The molecule has 0 radical (unpaired) electrons. The molecule has 47 heavy (non-hydrogen) atoms. The van der Waals surface area contributed by atoms with Crippen LogP contribution in [0.15, 0.2) is 42.5 Å². The van der Waals surface area contributed by atoms with E-state index in [1.54, 1.807) is 23.1 Å². The van der Waals surface area contributed by atoms with Crippen molar-refractivity contribution in [2.45, 2.75) is 31.2 Å². The Balaban J connectivity index is 1.33. The maximum absolute atomic E-state index is 15.3. The first-order valence-electron chi connectivity index (χ1n) is 15.1. The first kappa shape index (κ1) is 34.6. The average Bonchev–Trinajstić information content (AvgIpc) is 3.29. The van der Waals surface area contributed by atoms with Crippen LogP contribution in [0, 0.1) is 12.8 Å². The van der Waals surface area contributed by atoms with Gasteiger partial charge >= 0.3 is 6.18 Å². The van der Waals surface area contributed by atoms with Gasteiger partial charge in [-0.15, -0.1) is 0 Å². The summed E-state index contributed by atoms with van der Waals surface area (Å²) in [5.74, 6) is -2.20. The van der Waals surface area contributed by atoms with Gasteiger partial charge in [0.2, 0.25) is 11.8 Å². The molecular formula is C32H37ClF4N6O4. The van der Waals surface area contributed by atoms with E-state index in [-0.39, 0.29) is 63.2 Å². The van der Waals surface area contributed by atoms with Gasteiger partial charge in [-0.2, -0.15) is 13.2 Å². The van der Waals surface area contributed by atoms with Gasteiger partial charge in [-0.05, 0) is 45.3 Å². The smallest absolute Gasteiger partial charge is 0.376 e. The number of fused-ring (bicyclic) bond motifs is 2. The van der Waals surface area contributed by atoms with Crippen LogP contribution in [0.5, 0.6) is 0 Å². The Labute approximate surface area is 275 Å². The summed E-state index contributed by atoms with van der Waals surface area (Å²) in [6, 6.07) is 5.55. The molecule has 2 atom stereocenters. The van der Waals surface area contributed by atoms with Crippen molar-refractivity contribution >= 4 is 46.5 Å². The van der Waals surface area contributed by atoms with Crippen molar-refractivity contribution in [2.75, 3.05) is 81.8 Å². The van der Waals surface area contributed by atoms with Gasteiger partial charge in [0.1, 0.15) is 11.9 Å². The number of ether oxygens (including phenoxy) is 1. The molecule has 1 aromatic heterocycles. The van der Waals surface area contributed by atoms with E-state index in [1.807, 2.05) is 19.0 Å². The van der Waals surface area contributed by atoms with E-state index in [2.05, 4.69) is 11.6 Å². The summed E-state index contributed by atoms with van der Waals surface area (Å²) >= 11 is 6.65. The number of likely N-dealkylation sites (tertiary alicyclic amines) is 1. The number of halogens is 5. The fourth-order valence-electron chi connectivity index (χ4n) is 6.44. The number of benzene rings is 1. The molecular weight excluding hydrogens is 644 g/mol. The van der Waals surface area contributed by atoms with E-state index in [0.29, 0.717) is 28.5 Å². The normalized spacial score (nSPS) is 21.0. The minimum atomic E-state index is -4.68. The van der Waals surface area contributed by atoms with Crippen LogP contribution in [0.25, 0.3) is 0 Å². The zero-order valence-electron chi connectivity index (χ0n) is 26.6. The molecule has 15 heteroatoms. The fraction of sp³-hybridized carbons (Fsp3) is 0.500. The third-order valence-corrected chi connectivity index (χ3v) is 8.84. The molecule has 0 aliphatic carbocycles. The number of rotatable bonds is 9. The number of aromatic nitrogens is 1. The van der Waals surface area contributed by atoms with Crippen LogP contribution in [0.2, 0.25) is 5.02 Å². The summed E-state index contributed by atoms with van der Waals surface area (Å²) in [5.41, 5.74) is -1.32. The molecule has 4 heterocycles. The van der Waals surface area contributed by atoms with Gasteiger partial charge in [0.25, 0.3) is 5.91 Å². The van der Waals surface area contributed by atoms with Crippen LogP contribution in [0.4, 0.5) is 34.8 Å². The molecule has 10 nitrogen and oxygen atoms in total. The monoisotopic (exact) mass is 680 g/mol. The molecule has 3 aliphatic rings. The highest BCUT2D eigenvalue weighted by Gasteiger charge is 2.50. The van der Waals surface area contributed by atoms with Gasteiger partial charge in [-0.1, -0.05) is 24.2 Å². The molecule has 2 saturated heterocycles. The fourth-order valence-corrected chi connectivity index (χ4v) is 6.73. The lowest BCUT2D eigenvalue weighted by molar-refractivity contribution is -0.147. The molecule has 0 spiro atoms. The summed E-state index contributed by atoms with van der Waals surface area (Å²) < 4.78 is 62.1. The second kappa shape index (κ2) is 13.0. The highest BCUT2D eigenvalue weighted by Crippen LogP contribution is 2.43. The summed E-state index contributed by atoms with van der Waals surface area (Å²) in [4.78, 5) is 51.5. The van der Waals surface area contributed by atoms with Gasteiger partial charge in [0, 0.05) is 50.3 Å². The van der Waals surface area contributed by atoms with Crippen LogP contribution in [-0.4, -0.2) is 111 Å². The van der Waals surface area contributed by atoms with Gasteiger partial charge < -0.3 is 24.3 Å². The van der Waals surface area contributed by atoms with Crippen molar-refractivity contribution in [3.63, 3.8) is 0 Å². The summed E-state index contributed by atoms with van der Waals surface area (Å²) in [7, 11) is 5.14. The number of anilines is 3. The molecule has 254 valence electrons. The predicted molar refractivity (Wildman–Crippen MR) is 169 cm³/mol. The van der Waals surface area contributed by atoms with Crippen molar-refractivity contribution in [3.05, 3.63) is 58.8 Å². The Bertz CT molecular complexity index is 1580. The Hall–Kier alpha value is -3.75. The second-order valence-corrected chi connectivity index (χ2v) is 13.1. The van der Waals surface area contributed by atoms with Crippen LogP contribution in [0.3, 0.4) is 0 Å². The number of carbonyl (C=O) groups is 3. The van der Waals surface area contributed by atoms with Crippen LogP contribution in [-0.2, 0) is 25.3 Å². The lowest BCUT2D eigenvalue weighted by atomic mass is 9.95. The lowest BCUT2D eigenvalue weighted by Gasteiger charge is -2.44. The number of hydrogen-bond acceptors (Lipinski definition) is 7. The summed E-state index contributed by atoms with van der Waals surface area (Å²) in [5, 5.41) is 0.338. The first-order valence-corrected chi connectivity index (χ1v) is 15.4.